The van der Waals surface area contributed by atoms with Crippen LogP contribution in [0.4, 0.5) is 8.78 Å². The molecule has 0 bridgehead atoms. The summed E-state index contributed by atoms with van der Waals surface area (Å²) in [5, 5.41) is 0. The van der Waals surface area contributed by atoms with E-state index in [9.17, 15) is 17.2 Å². The normalized spacial score (nSPS) is 24.2. The van der Waals surface area contributed by atoms with Crippen molar-refractivity contribution in [2.45, 2.75) is 48.9 Å². The number of hydrogen-bond acceptors (Lipinski definition) is 4. The molecule has 5 nitrogen and oxygen atoms in total. The molecule has 1 aliphatic heterocycles. The number of benzene rings is 1. The Labute approximate surface area is 134 Å². The lowest BCUT2D eigenvalue weighted by Gasteiger charge is -2.31. The van der Waals surface area contributed by atoms with Crippen LogP contribution in [0, 0.1) is 11.6 Å². The summed E-state index contributed by atoms with van der Waals surface area (Å²) in [5.74, 6) is -2.40. The van der Waals surface area contributed by atoms with Gasteiger partial charge in [0, 0.05) is 19.4 Å². The first-order valence-electron chi connectivity index (χ1n) is 7.67. The van der Waals surface area contributed by atoms with Gasteiger partial charge in [-0.05, 0) is 31.0 Å². The molecular formula is C15H19F2NO4S. The third-order valence-corrected chi connectivity index (χ3v) is 5.65. The standard InChI is InChI=1S/C15H19F2NO4S/c16-11-4-5-13(17)14(8-11)23(19,20)18-9-12-10-21-15(22-12)6-2-1-3-7-15/h4-5,8,12,18H,1-3,6-7,9-10H2/t12-/m1/s1. The predicted octanol–water partition coefficient (Wildman–Crippen LogP) is 2.32. The minimum Gasteiger partial charge on any atom is -0.347 e. The summed E-state index contributed by atoms with van der Waals surface area (Å²) in [6.45, 7) is 0.244. The molecule has 8 heteroatoms. The van der Waals surface area contributed by atoms with E-state index in [1.165, 1.54) is 0 Å². The van der Waals surface area contributed by atoms with Gasteiger partial charge in [-0.15, -0.1) is 0 Å². The number of nitrogens with one attached hydrogen (secondary N) is 1. The topological polar surface area (TPSA) is 64.6 Å². The van der Waals surface area contributed by atoms with Gasteiger partial charge in [0.15, 0.2) is 5.79 Å². The van der Waals surface area contributed by atoms with E-state index in [0.717, 1.165) is 44.2 Å². The number of sulfonamides is 1. The summed E-state index contributed by atoms with van der Waals surface area (Å²) in [4.78, 5) is -0.705. The molecule has 1 saturated heterocycles. The van der Waals surface area contributed by atoms with Gasteiger partial charge >= 0.3 is 0 Å². The van der Waals surface area contributed by atoms with E-state index >= 15 is 0 Å². The largest absolute Gasteiger partial charge is 0.347 e. The minimum absolute atomic E-state index is 0.0416. The molecule has 0 radical (unpaired) electrons. The van der Waals surface area contributed by atoms with Gasteiger partial charge in [0.2, 0.25) is 10.0 Å². The zero-order valence-corrected chi connectivity index (χ0v) is 13.4. The van der Waals surface area contributed by atoms with Gasteiger partial charge in [-0.1, -0.05) is 6.42 Å². The Morgan fingerprint density at radius 2 is 1.96 bits per heavy atom. The second kappa shape index (κ2) is 6.43. The molecule has 0 unspecified atom stereocenters. The van der Waals surface area contributed by atoms with Crippen LogP contribution in [-0.4, -0.2) is 33.5 Å². The molecular weight excluding hydrogens is 328 g/mol. The van der Waals surface area contributed by atoms with Crippen LogP contribution in [-0.2, 0) is 19.5 Å². The minimum atomic E-state index is -4.14. The van der Waals surface area contributed by atoms with Gasteiger partial charge in [0.05, 0.1) is 12.7 Å². The van der Waals surface area contributed by atoms with Crippen molar-refractivity contribution in [2.24, 2.45) is 0 Å². The fraction of sp³-hybridized carbons (Fsp3) is 0.600. The first kappa shape index (κ1) is 16.8. The van der Waals surface area contributed by atoms with Gasteiger partial charge in [-0.25, -0.2) is 21.9 Å². The van der Waals surface area contributed by atoms with Crippen LogP contribution in [0.1, 0.15) is 32.1 Å². The van der Waals surface area contributed by atoms with Crippen molar-refractivity contribution >= 4 is 10.0 Å². The Bertz CT molecular complexity index is 674. The molecule has 3 rings (SSSR count). The van der Waals surface area contributed by atoms with Crippen LogP contribution in [0.5, 0.6) is 0 Å². The molecule has 128 valence electrons. The second-order valence-electron chi connectivity index (χ2n) is 5.95. The van der Waals surface area contributed by atoms with E-state index in [1.807, 2.05) is 0 Å². The van der Waals surface area contributed by atoms with Gasteiger partial charge in [0.1, 0.15) is 16.5 Å². The second-order valence-corrected chi connectivity index (χ2v) is 7.68. The third-order valence-electron chi connectivity index (χ3n) is 4.21. The van der Waals surface area contributed by atoms with Crippen LogP contribution in [0.15, 0.2) is 23.1 Å². The molecule has 0 aromatic heterocycles. The van der Waals surface area contributed by atoms with Gasteiger partial charge in [-0.2, -0.15) is 0 Å². The molecule has 2 aliphatic rings. The smallest absolute Gasteiger partial charge is 0.243 e. The highest BCUT2D eigenvalue weighted by molar-refractivity contribution is 7.89. The first-order chi connectivity index (χ1) is 10.9. The third kappa shape index (κ3) is 3.71. The summed E-state index contributed by atoms with van der Waals surface area (Å²) >= 11 is 0. The van der Waals surface area contributed by atoms with Crippen LogP contribution in [0.2, 0.25) is 0 Å². The maximum Gasteiger partial charge on any atom is 0.243 e. The van der Waals surface area contributed by atoms with Crippen LogP contribution >= 0.6 is 0 Å². The van der Waals surface area contributed by atoms with Gasteiger partial charge < -0.3 is 9.47 Å². The lowest BCUT2D eigenvalue weighted by Crippen LogP contribution is -2.37. The monoisotopic (exact) mass is 347 g/mol. The summed E-state index contributed by atoms with van der Waals surface area (Å²) in [7, 11) is -4.14. The van der Waals surface area contributed by atoms with Crippen molar-refractivity contribution in [1.29, 1.82) is 0 Å². The zero-order valence-electron chi connectivity index (χ0n) is 12.6. The molecule has 0 amide bonds. The highest BCUT2D eigenvalue weighted by Crippen LogP contribution is 2.37. The first-order valence-corrected chi connectivity index (χ1v) is 9.15. The van der Waals surface area contributed by atoms with E-state index in [2.05, 4.69) is 4.72 Å². The Hall–Kier alpha value is -1.09. The number of hydrogen-bond donors (Lipinski definition) is 1. The maximum absolute atomic E-state index is 13.6. The summed E-state index contributed by atoms with van der Waals surface area (Å²) in [5.41, 5.74) is 0. The molecule has 2 fully saturated rings. The average Bonchev–Trinajstić information content (AvgIpc) is 2.91. The quantitative estimate of drug-likeness (QED) is 0.908. The molecule has 1 saturated carbocycles. The highest BCUT2D eigenvalue weighted by Gasteiger charge is 2.42. The average molecular weight is 347 g/mol. The van der Waals surface area contributed by atoms with Crippen molar-refractivity contribution in [2.75, 3.05) is 13.2 Å². The van der Waals surface area contributed by atoms with E-state index in [4.69, 9.17) is 9.47 Å². The molecule has 1 aromatic carbocycles. The fourth-order valence-electron chi connectivity index (χ4n) is 3.03. The van der Waals surface area contributed by atoms with Gasteiger partial charge in [0.25, 0.3) is 0 Å². The van der Waals surface area contributed by atoms with Crippen LogP contribution in [0.25, 0.3) is 0 Å². The lowest BCUT2D eigenvalue weighted by atomic mass is 9.94. The fourth-order valence-corrected chi connectivity index (χ4v) is 4.19. The molecule has 1 aliphatic carbocycles. The Balaban J connectivity index is 1.63. The lowest BCUT2D eigenvalue weighted by molar-refractivity contribution is -0.186. The predicted molar refractivity (Wildman–Crippen MR) is 78.2 cm³/mol. The van der Waals surface area contributed by atoms with Crippen molar-refractivity contribution < 1.29 is 26.7 Å². The van der Waals surface area contributed by atoms with Crippen molar-refractivity contribution in [3.63, 3.8) is 0 Å². The van der Waals surface area contributed by atoms with E-state index in [1.54, 1.807) is 0 Å². The zero-order chi connectivity index (χ0) is 16.5. The maximum atomic E-state index is 13.6. The Kier molecular flexibility index (Phi) is 4.68. The SMILES string of the molecule is O=S(=O)(NC[C@@H]1COC2(CCCCC2)O1)c1cc(F)ccc1F. The number of rotatable bonds is 4. The molecule has 1 N–H and O–H groups in total. The van der Waals surface area contributed by atoms with E-state index < -0.39 is 38.4 Å². The Morgan fingerprint density at radius 1 is 1.22 bits per heavy atom. The molecule has 1 spiro atoms. The Morgan fingerprint density at radius 3 is 2.70 bits per heavy atom. The van der Waals surface area contributed by atoms with E-state index in [-0.39, 0.29) is 13.2 Å². The van der Waals surface area contributed by atoms with Crippen LogP contribution in [0.3, 0.4) is 0 Å². The molecule has 1 heterocycles. The van der Waals surface area contributed by atoms with Crippen molar-refractivity contribution in [1.82, 2.24) is 4.72 Å². The van der Waals surface area contributed by atoms with Crippen molar-refractivity contribution in [3.05, 3.63) is 29.8 Å². The van der Waals surface area contributed by atoms with Crippen molar-refractivity contribution in [3.8, 4) is 0 Å². The summed E-state index contributed by atoms with van der Waals surface area (Å²) in [6, 6.07) is 2.32. The number of ether oxygens (including phenoxy) is 2. The molecule has 1 atom stereocenters. The molecule has 23 heavy (non-hydrogen) atoms. The van der Waals surface area contributed by atoms with E-state index in [0.29, 0.717) is 6.07 Å². The summed E-state index contributed by atoms with van der Waals surface area (Å²) in [6.07, 6.45) is 4.35. The molecule has 1 aromatic rings. The van der Waals surface area contributed by atoms with Crippen LogP contribution < -0.4 is 4.72 Å². The number of halogens is 2. The van der Waals surface area contributed by atoms with Gasteiger partial charge in [-0.3, -0.25) is 0 Å². The highest BCUT2D eigenvalue weighted by atomic mass is 32.2. The summed E-state index contributed by atoms with van der Waals surface area (Å²) < 4.78 is 64.8.